The van der Waals surface area contributed by atoms with E-state index in [9.17, 15) is 4.79 Å². The Morgan fingerprint density at radius 2 is 1.72 bits per heavy atom. The van der Waals surface area contributed by atoms with Crippen molar-refractivity contribution in [1.82, 2.24) is 5.32 Å². The Morgan fingerprint density at radius 3 is 2.50 bits per heavy atom. The fourth-order valence-electron chi connectivity index (χ4n) is 5.08. The van der Waals surface area contributed by atoms with Crippen LogP contribution in [-0.2, 0) is 11.2 Å². The van der Waals surface area contributed by atoms with Crippen LogP contribution < -0.4 is 21.7 Å². The summed E-state index contributed by atoms with van der Waals surface area (Å²) in [6, 6.07) is 20.3. The number of carbonyl (C=O) groups is 1. The normalized spacial score (nSPS) is 22.5. The lowest BCUT2D eigenvalue weighted by Crippen LogP contribution is -2.48. The van der Waals surface area contributed by atoms with E-state index in [1.54, 1.807) is 0 Å². The molecule has 0 spiro atoms. The molecule has 1 unspecified atom stereocenters. The van der Waals surface area contributed by atoms with Crippen molar-refractivity contribution in [2.24, 2.45) is 11.5 Å². The van der Waals surface area contributed by atoms with Crippen LogP contribution in [0.2, 0.25) is 0 Å². The quantitative estimate of drug-likeness (QED) is 0.377. The van der Waals surface area contributed by atoms with Gasteiger partial charge in [0, 0.05) is 40.8 Å². The Balaban J connectivity index is 1.55. The summed E-state index contributed by atoms with van der Waals surface area (Å²) in [5, 5.41) is 13.4. The Kier molecular flexibility index (Phi) is 5.31. The molecule has 164 valence electrons. The number of fused-ring (bicyclic) bond motifs is 2. The number of nitrogens with one attached hydrogen (secondary N) is 2. The van der Waals surface area contributed by atoms with Crippen LogP contribution >= 0.6 is 0 Å². The predicted molar refractivity (Wildman–Crippen MR) is 129 cm³/mol. The van der Waals surface area contributed by atoms with Gasteiger partial charge in [-0.2, -0.15) is 0 Å². The van der Waals surface area contributed by atoms with Crippen LogP contribution in [-0.4, -0.2) is 29.9 Å². The Hall–Kier alpha value is -3.38. The molecule has 32 heavy (non-hydrogen) atoms. The highest BCUT2D eigenvalue weighted by Gasteiger charge is 2.37. The Bertz CT molecular complexity index is 1180. The molecule has 0 bridgehead atoms. The fraction of sp³-hybridized carbons (Fsp3) is 0.308. The SMILES string of the molecule is N=C(N)c1ccc2c(c1)N(c1cccc3ccccc13)C(C(=O)NC1CCC(N)CC1)C2. The summed E-state index contributed by atoms with van der Waals surface area (Å²) in [6.45, 7) is 0. The van der Waals surface area contributed by atoms with E-state index in [2.05, 4.69) is 34.5 Å². The molecule has 3 aromatic rings. The highest BCUT2D eigenvalue weighted by molar-refractivity contribution is 6.02. The maximum absolute atomic E-state index is 13.6. The van der Waals surface area contributed by atoms with E-state index in [0.29, 0.717) is 12.0 Å². The van der Waals surface area contributed by atoms with Crippen molar-refractivity contribution in [3.8, 4) is 0 Å². The maximum Gasteiger partial charge on any atom is 0.243 e. The summed E-state index contributed by atoms with van der Waals surface area (Å²) in [6.07, 6.45) is 4.37. The van der Waals surface area contributed by atoms with Gasteiger partial charge in [0.2, 0.25) is 5.91 Å². The summed E-state index contributed by atoms with van der Waals surface area (Å²) in [7, 11) is 0. The zero-order valence-corrected chi connectivity index (χ0v) is 18.1. The molecule has 0 saturated heterocycles. The highest BCUT2D eigenvalue weighted by atomic mass is 16.2. The smallest absolute Gasteiger partial charge is 0.243 e. The van der Waals surface area contributed by atoms with Gasteiger partial charge in [-0.1, -0.05) is 48.5 Å². The first-order chi connectivity index (χ1) is 15.5. The summed E-state index contributed by atoms with van der Waals surface area (Å²) < 4.78 is 0. The van der Waals surface area contributed by atoms with E-state index in [4.69, 9.17) is 16.9 Å². The van der Waals surface area contributed by atoms with Crippen LogP contribution in [0.5, 0.6) is 0 Å². The first-order valence-corrected chi connectivity index (χ1v) is 11.3. The molecular formula is C26H29N5O. The zero-order chi connectivity index (χ0) is 22.2. The lowest BCUT2D eigenvalue weighted by molar-refractivity contribution is -0.123. The molecule has 3 aromatic carbocycles. The van der Waals surface area contributed by atoms with Crippen LogP contribution in [0, 0.1) is 5.41 Å². The minimum Gasteiger partial charge on any atom is -0.384 e. The molecule has 1 amide bonds. The number of benzene rings is 3. The third kappa shape index (κ3) is 3.71. The molecule has 6 N–H and O–H groups in total. The van der Waals surface area contributed by atoms with Crippen LogP contribution in [0.15, 0.2) is 60.7 Å². The summed E-state index contributed by atoms with van der Waals surface area (Å²) in [5.74, 6) is 0.0658. The average Bonchev–Trinajstić information content (AvgIpc) is 3.19. The topological polar surface area (TPSA) is 108 Å². The number of hydrogen-bond acceptors (Lipinski definition) is 4. The summed E-state index contributed by atoms with van der Waals surface area (Å²) in [4.78, 5) is 15.7. The monoisotopic (exact) mass is 427 g/mol. The third-order valence-electron chi connectivity index (χ3n) is 6.83. The molecular weight excluding hydrogens is 398 g/mol. The van der Waals surface area contributed by atoms with Crippen molar-refractivity contribution < 1.29 is 4.79 Å². The van der Waals surface area contributed by atoms with E-state index in [1.165, 1.54) is 0 Å². The number of anilines is 2. The number of nitrogens with zero attached hydrogens (tertiary/aromatic N) is 1. The number of hydrogen-bond donors (Lipinski definition) is 4. The largest absolute Gasteiger partial charge is 0.384 e. The Labute approximate surface area is 188 Å². The van der Waals surface area contributed by atoms with Gasteiger partial charge in [0.15, 0.2) is 0 Å². The molecule has 1 saturated carbocycles. The molecule has 1 atom stereocenters. The van der Waals surface area contributed by atoms with Crippen LogP contribution in [0.4, 0.5) is 11.4 Å². The van der Waals surface area contributed by atoms with Crippen molar-refractivity contribution >= 4 is 33.9 Å². The second kappa shape index (κ2) is 8.28. The maximum atomic E-state index is 13.6. The van der Waals surface area contributed by atoms with Crippen molar-refractivity contribution in [3.05, 3.63) is 71.8 Å². The van der Waals surface area contributed by atoms with Gasteiger partial charge in [-0.3, -0.25) is 10.2 Å². The molecule has 0 aromatic heterocycles. The summed E-state index contributed by atoms with van der Waals surface area (Å²) in [5.41, 5.74) is 15.5. The number of amidine groups is 1. The molecule has 1 aliphatic heterocycles. The second-order valence-electron chi connectivity index (χ2n) is 8.97. The lowest BCUT2D eigenvalue weighted by Gasteiger charge is -2.32. The predicted octanol–water partition coefficient (Wildman–Crippen LogP) is 3.57. The van der Waals surface area contributed by atoms with Crippen LogP contribution in [0.25, 0.3) is 10.8 Å². The minimum absolute atomic E-state index is 0.0251. The zero-order valence-electron chi connectivity index (χ0n) is 18.1. The van der Waals surface area contributed by atoms with Crippen LogP contribution in [0.1, 0.15) is 36.8 Å². The van der Waals surface area contributed by atoms with Crippen LogP contribution in [0.3, 0.4) is 0 Å². The molecule has 5 rings (SSSR count). The van der Waals surface area contributed by atoms with E-state index < -0.39 is 0 Å². The van der Waals surface area contributed by atoms with Gasteiger partial charge >= 0.3 is 0 Å². The van der Waals surface area contributed by atoms with Crippen molar-refractivity contribution in [2.45, 2.75) is 50.2 Å². The molecule has 6 nitrogen and oxygen atoms in total. The Morgan fingerprint density at radius 1 is 0.969 bits per heavy atom. The first kappa shape index (κ1) is 20.5. The third-order valence-corrected chi connectivity index (χ3v) is 6.83. The number of carbonyl (C=O) groups excluding carboxylic acids is 1. The van der Waals surface area contributed by atoms with Crippen molar-refractivity contribution in [1.29, 1.82) is 5.41 Å². The molecule has 1 fully saturated rings. The summed E-state index contributed by atoms with van der Waals surface area (Å²) >= 11 is 0. The number of nitrogens with two attached hydrogens (primary N) is 2. The lowest BCUT2D eigenvalue weighted by atomic mass is 9.91. The van der Waals surface area contributed by atoms with Gasteiger partial charge in [-0.05, 0) is 48.8 Å². The van der Waals surface area contributed by atoms with Gasteiger partial charge in [0.05, 0.1) is 0 Å². The van der Waals surface area contributed by atoms with E-state index in [0.717, 1.165) is 53.4 Å². The van der Waals surface area contributed by atoms with E-state index in [1.807, 2.05) is 36.4 Å². The van der Waals surface area contributed by atoms with Gasteiger partial charge in [-0.15, -0.1) is 0 Å². The average molecular weight is 428 g/mol. The second-order valence-corrected chi connectivity index (χ2v) is 8.97. The molecule has 6 heteroatoms. The number of rotatable bonds is 4. The van der Waals surface area contributed by atoms with Gasteiger partial charge < -0.3 is 21.7 Å². The fourth-order valence-corrected chi connectivity index (χ4v) is 5.08. The molecule has 0 radical (unpaired) electrons. The first-order valence-electron chi connectivity index (χ1n) is 11.3. The van der Waals surface area contributed by atoms with Gasteiger partial charge in [-0.25, -0.2) is 0 Å². The standard InChI is InChI=1S/C26H29N5O/c27-19-10-12-20(13-11-19)30-26(32)24-14-17-8-9-18(25(28)29)15-23(17)31(24)22-7-3-5-16-4-1-2-6-21(16)22/h1-9,15,19-20,24H,10-14,27H2,(H3,28,29)(H,30,32). The van der Waals surface area contributed by atoms with Crippen molar-refractivity contribution in [3.63, 3.8) is 0 Å². The van der Waals surface area contributed by atoms with E-state index >= 15 is 0 Å². The number of amides is 1. The number of nitrogen functional groups attached to an aromatic ring is 1. The van der Waals surface area contributed by atoms with Gasteiger partial charge in [0.1, 0.15) is 11.9 Å². The van der Waals surface area contributed by atoms with E-state index in [-0.39, 0.29) is 29.9 Å². The molecule has 2 aliphatic rings. The highest BCUT2D eigenvalue weighted by Crippen LogP contribution is 2.42. The molecule has 1 aliphatic carbocycles. The van der Waals surface area contributed by atoms with Crippen molar-refractivity contribution in [2.75, 3.05) is 4.90 Å². The van der Waals surface area contributed by atoms with Gasteiger partial charge in [0.25, 0.3) is 0 Å². The molecule has 1 heterocycles. The minimum atomic E-state index is -0.353.